The normalized spacial score (nSPS) is 14.2. The van der Waals surface area contributed by atoms with E-state index in [1.807, 2.05) is 4.90 Å². The number of carbonyl (C=O) groups is 2. The molecule has 1 saturated heterocycles. The molecule has 1 aliphatic rings. The molecule has 1 aromatic rings. The van der Waals surface area contributed by atoms with Gasteiger partial charge in [0, 0.05) is 58.4 Å². The number of piperazine rings is 1. The van der Waals surface area contributed by atoms with Gasteiger partial charge in [-0.1, -0.05) is 6.07 Å². The molecule has 0 unspecified atom stereocenters. The largest absolute Gasteiger partial charge is 0.497 e. The summed E-state index contributed by atoms with van der Waals surface area (Å²) in [6, 6.07) is 7.04. The Hall–Kier alpha value is -2.12. The number of ether oxygens (including phenoxy) is 2. The van der Waals surface area contributed by atoms with Crippen LogP contribution in [0.25, 0.3) is 0 Å². The fourth-order valence-electron chi connectivity index (χ4n) is 2.76. The first-order chi connectivity index (χ1) is 12.2. The number of methoxy groups -OCH3 is 2. The number of nitrogens with one attached hydrogen (secondary N) is 1. The molecule has 1 N–H and O–H groups in total. The molecule has 0 radical (unpaired) electrons. The van der Waals surface area contributed by atoms with Crippen molar-refractivity contribution in [1.82, 2.24) is 15.1 Å². The Balaban J connectivity index is 1.98. The van der Waals surface area contributed by atoms with Crippen LogP contribution in [-0.4, -0.2) is 81.7 Å². The first-order valence-electron chi connectivity index (χ1n) is 8.56. The minimum absolute atomic E-state index is 0.0855. The number of nitrogens with zero attached hydrogens (tertiary/aromatic N) is 2. The Kier molecular flexibility index (Phi) is 7.69. The van der Waals surface area contributed by atoms with Crippen molar-refractivity contribution in [2.45, 2.75) is 6.42 Å². The molecule has 7 nitrogen and oxygen atoms in total. The number of carbonyl (C=O) groups excluding carboxylic acids is 2. The molecule has 0 atom stereocenters. The quantitative estimate of drug-likeness (QED) is 0.744. The van der Waals surface area contributed by atoms with Crippen molar-refractivity contribution in [1.29, 1.82) is 0 Å². The summed E-state index contributed by atoms with van der Waals surface area (Å²) < 4.78 is 10.3. The van der Waals surface area contributed by atoms with E-state index in [1.165, 1.54) is 0 Å². The van der Waals surface area contributed by atoms with Crippen LogP contribution in [0.3, 0.4) is 0 Å². The zero-order valence-electron chi connectivity index (χ0n) is 15.0. The average molecular weight is 349 g/mol. The van der Waals surface area contributed by atoms with Crippen molar-refractivity contribution < 1.29 is 19.1 Å². The molecule has 25 heavy (non-hydrogen) atoms. The summed E-state index contributed by atoms with van der Waals surface area (Å²) in [6.07, 6.45) is 0.319. The molecule has 1 fully saturated rings. The Labute approximate surface area is 148 Å². The van der Waals surface area contributed by atoms with E-state index >= 15 is 0 Å². The van der Waals surface area contributed by atoms with Crippen LogP contribution in [-0.2, 0) is 9.53 Å². The van der Waals surface area contributed by atoms with Gasteiger partial charge in [0.25, 0.3) is 5.91 Å². The smallest absolute Gasteiger partial charge is 0.254 e. The van der Waals surface area contributed by atoms with Crippen molar-refractivity contribution in [2.75, 3.05) is 60.1 Å². The van der Waals surface area contributed by atoms with Gasteiger partial charge in [-0.15, -0.1) is 0 Å². The highest BCUT2D eigenvalue weighted by Crippen LogP contribution is 2.15. The Morgan fingerprint density at radius 1 is 1.20 bits per heavy atom. The zero-order chi connectivity index (χ0) is 18.1. The van der Waals surface area contributed by atoms with Crippen molar-refractivity contribution in [3.63, 3.8) is 0 Å². The maximum atomic E-state index is 12.8. The van der Waals surface area contributed by atoms with Crippen LogP contribution in [0.2, 0.25) is 0 Å². The Bertz CT molecular complexity index is 573. The van der Waals surface area contributed by atoms with Crippen LogP contribution in [0.1, 0.15) is 16.8 Å². The number of rotatable bonds is 8. The van der Waals surface area contributed by atoms with E-state index in [2.05, 4.69) is 5.32 Å². The van der Waals surface area contributed by atoms with Gasteiger partial charge in [0.2, 0.25) is 5.91 Å². The molecule has 2 amide bonds. The van der Waals surface area contributed by atoms with Gasteiger partial charge in [-0.05, 0) is 18.2 Å². The van der Waals surface area contributed by atoms with Gasteiger partial charge >= 0.3 is 0 Å². The number of hydrogen-bond donors (Lipinski definition) is 1. The average Bonchev–Trinajstić information content (AvgIpc) is 2.68. The molecule has 1 aliphatic heterocycles. The maximum absolute atomic E-state index is 12.8. The fourth-order valence-corrected chi connectivity index (χ4v) is 2.76. The highest BCUT2D eigenvalue weighted by Gasteiger charge is 2.20. The number of benzene rings is 1. The van der Waals surface area contributed by atoms with Crippen LogP contribution in [0, 0.1) is 0 Å². The van der Waals surface area contributed by atoms with Crippen LogP contribution in [0.5, 0.6) is 5.75 Å². The predicted molar refractivity (Wildman–Crippen MR) is 94.8 cm³/mol. The summed E-state index contributed by atoms with van der Waals surface area (Å²) in [6.45, 7) is 4.34. The van der Waals surface area contributed by atoms with Crippen molar-refractivity contribution in [3.8, 4) is 5.75 Å². The van der Waals surface area contributed by atoms with E-state index in [1.54, 1.807) is 43.4 Å². The van der Waals surface area contributed by atoms with Gasteiger partial charge in [0.05, 0.1) is 13.7 Å². The van der Waals surface area contributed by atoms with Gasteiger partial charge in [-0.25, -0.2) is 0 Å². The number of amides is 2. The van der Waals surface area contributed by atoms with Gasteiger partial charge in [0.15, 0.2) is 0 Å². The topological polar surface area (TPSA) is 71.1 Å². The lowest BCUT2D eigenvalue weighted by atomic mass is 10.1. The highest BCUT2D eigenvalue weighted by molar-refractivity contribution is 5.94. The molecular formula is C18H27N3O4. The summed E-state index contributed by atoms with van der Waals surface area (Å²) in [7, 11) is 3.17. The van der Waals surface area contributed by atoms with Crippen LogP contribution < -0.4 is 10.1 Å². The third-order valence-corrected chi connectivity index (χ3v) is 4.23. The molecule has 0 aliphatic carbocycles. The van der Waals surface area contributed by atoms with E-state index in [0.717, 1.165) is 26.2 Å². The summed E-state index contributed by atoms with van der Waals surface area (Å²) >= 11 is 0. The second kappa shape index (κ2) is 10.0. The molecule has 0 saturated carbocycles. The molecule has 0 spiro atoms. The molecule has 2 rings (SSSR count). The van der Waals surface area contributed by atoms with Crippen molar-refractivity contribution in [2.24, 2.45) is 0 Å². The van der Waals surface area contributed by atoms with Crippen molar-refractivity contribution >= 4 is 11.8 Å². The van der Waals surface area contributed by atoms with Crippen molar-refractivity contribution in [3.05, 3.63) is 29.8 Å². The van der Waals surface area contributed by atoms with E-state index < -0.39 is 0 Å². The molecule has 7 heteroatoms. The lowest BCUT2D eigenvalue weighted by Gasteiger charge is -2.29. The van der Waals surface area contributed by atoms with Crippen LogP contribution in [0.15, 0.2) is 24.3 Å². The Morgan fingerprint density at radius 2 is 1.96 bits per heavy atom. The zero-order valence-corrected chi connectivity index (χ0v) is 15.0. The SMILES string of the molecule is COCCN(CCC(=O)N1CCNCC1)C(=O)c1cccc(OC)c1. The standard InChI is InChI=1S/C18H27N3O4/c1-24-13-12-21(9-6-17(22)20-10-7-19-8-11-20)18(23)15-4-3-5-16(14-15)25-2/h3-5,14,19H,6-13H2,1-2H3. The minimum Gasteiger partial charge on any atom is -0.497 e. The van der Waals surface area contributed by atoms with Gasteiger partial charge in [0.1, 0.15) is 5.75 Å². The summed E-state index contributed by atoms with van der Waals surface area (Å²) in [4.78, 5) is 28.6. The van der Waals surface area contributed by atoms with Crippen LogP contribution in [0.4, 0.5) is 0 Å². The molecule has 0 aromatic heterocycles. The lowest BCUT2D eigenvalue weighted by molar-refractivity contribution is -0.132. The summed E-state index contributed by atoms with van der Waals surface area (Å²) in [5.41, 5.74) is 0.546. The summed E-state index contributed by atoms with van der Waals surface area (Å²) in [5.74, 6) is 0.598. The second-order valence-electron chi connectivity index (χ2n) is 5.90. The molecule has 1 heterocycles. The maximum Gasteiger partial charge on any atom is 0.254 e. The Morgan fingerprint density at radius 3 is 2.64 bits per heavy atom. The summed E-state index contributed by atoms with van der Waals surface area (Å²) in [5, 5.41) is 3.23. The first kappa shape index (κ1) is 19.2. The van der Waals surface area contributed by atoms with E-state index in [4.69, 9.17) is 9.47 Å². The third-order valence-electron chi connectivity index (χ3n) is 4.23. The minimum atomic E-state index is -0.121. The molecular weight excluding hydrogens is 322 g/mol. The van der Waals surface area contributed by atoms with Crippen LogP contribution >= 0.6 is 0 Å². The highest BCUT2D eigenvalue weighted by atomic mass is 16.5. The monoisotopic (exact) mass is 349 g/mol. The fraction of sp³-hybridized carbons (Fsp3) is 0.556. The molecule has 138 valence electrons. The van der Waals surface area contributed by atoms with E-state index in [9.17, 15) is 9.59 Å². The van der Waals surface area contributed by atoms with Gasteiger partial charge in [-0.3, -0.25) is 9.59 Å². The molecule has 0 bridgehead atoms. The number of hydrogen-bond acceptors (Lipinski definition) is 5. The third kappa shape index (κ3) is 5.72. The first-order valence-corrected chi connectivity index (χ1v) is 8.56. The second-order valence-corrected chi connectivity index (χ2v) is 5.90. The molecule has 1 aromatic carbocycles. The lowest BCUT2D eigenvalue weighted by Crippen LogP contribution is -2.47. The van der Waals surface area contributed by atoms with Gasteiger partial charge < -0.3 is 24.6 Å². The van der Waals surface area contributed by atoms with Gasteiger partial charge in [-0.2, -0.15) is 0 Å². The van der Waals surface area contributed by atoms with E-state index in [0.29, 0.717) is 37.4 Å². The predicted octanol–water partition coefficient (Wildman–Crippen LogP) is 0.606. The van der Waals surface area contributed by atoms with E-state index in [-0.39, 0.29) is 11.8 Å².